The van der Waals surface area contributed by atoms with E-state index in [0.29, 0.717) is 26.3 Å². The van der Waals surface area contributed by atoms with Crippen LogP contribution in [0.3, 0.4) is 0 Å². The lowest BCUT2D eigenvalue weighted by molar-refractivity contribution is -0.129. The molecule has 5 nitrogen and oxygen atoms in total. The molecule has 0 radical (unpaired) electrons. The number of hydrogen-bond donors (Lipinski definition) is 0. The molecule has 1 fully saturated rings. The zero-order chi connectivity index (χ0) is 17.8. The van der Waals surface area contributed by atoms with Gasteiger partial charge in [0, 0.05) is 30.4 Å². The third-order valence-corrected chi connectivity index (χ3v) is 4.61. The van der Waals surface area contributed by atoms with Gasteiger partial charge in [-0.3, -0.25) is 9.48 Å². The van der Waals surface area contributed by atoms with E-state index in [1.165, 1.54) is 11.1 Å². The number of morpholine rings is 1. The highest BCUT2D eigenvalue weighted by atomic mass is 16.5. The molecule has 1 saturated heterocycles. The van der Waals surface area contributed by atoms with Gasteiger partial charge in [-0.05, 0) is 32.4 Å². The van der Waals surface area contributed by atoms with Crippen LogP contribution in [0.25, 0.3) is 6.08 Å². The van der Waals surface area contributed by atoms with Crippen LogP contribution in [0.5, 0.6) is 0 Å². The first-order valence-electron chi connectivity index (χ1n) is 8.69. The maximum Gasteiger partial charge on any atom is 0.246 e. The van der Waals surface area contributed by atoms with E-state index in [0.717, 1.165) is 23.5 Å². The zero-order valence-electron chi connectivity index (χ0n) is 15.2. The molecule has 0 aliphatic carbocycles. The average Bonchev–Trinajstić information content (AvgIpc) is 2.89. The number of aromatic nitrogens is 2. The van der Waals surface area contributed by atoms with Crippen LogP contribution in [0, 0.1) is 20.8 Å². The zero-order valence-corrected chi connectivity index (χ0v) is 15.2. The Bertz CT molecular complexity index is 769. The number of carbonyl (C=O) groups is 1. The number of amides is 1. The highest BCUT2D eigenvalue weighted by Gasteiger charge is 2.15. The lowest BCUT2D eigenvalue weighted by atomic mass is 10.1. The molecular weight excluding hydrogens is 314 g/mol. The highest BCUT2D eigenvalue weighted by molar-refractivity contribution is 5.92. The first kappa shape index (κ1) is 17.4. The summed E-state index contributed by atoms with van der Waals surface area (Å²) in [7, 11) is 0. The van der Waals surface area contributed by atoms with Gasteiger partial charge in [0.25, 0.3) is 0 Å². The molecule has 1 amide bonds. The van der Waals surface area contributed by atoms with Crippen molar-refractivity contribution in [3.05, 3.63) is 58.4 Å². The number of carbonyl (C=O) groups excluding carboxylic acids is 1. The van der Waals surface area contributed by atoms with Gasteiger partial charge in [-0.1, -0.05) is 29.8 Å². The summed E-state index contributed by atoms with van der Waals surface area (Å²) in [5.41, 5.74) is 5.51. The van der Waals surface area contributed by atoms with Gasteiger partial charge in [0.15, 0.2) is 0 Å². The van der Waals surface area contributed by atoms with Gasteiger partial charge < -0.3 is 9.64 Å². The van der Waals surface area contributed by atoms with E-state index in [-0.39, 0.29) is 5.91 Å². The van der Waals surface area contributed by atoms with Gasteiger partial charge in [0.2, 0.25) is 5.91 Å². The molecular formula is C20H25N3O2. The van der Waals surface area contributed by atoms with Crippen LogP contribution < -0.4 is 0 Å². The van der Waals surface area contributed by atoms with Crippen LogP contribution in [0.15, 0.2) is 30.3 Å². The minimum absolute atomic E-state index is 0.0355. The maximum atomic E-state index is 12.3. The predicted molar refractivity (Wildman–Crippen MR) is 98.4 cm³/mol. The van der Waals surface area contributed by atoms with Crippen molar-refractivity contribution in [1.82, 2.24) is 14.7 Å². The van der Waals surface area contributed by atoms with Gasteiger partial charge in [-0.2, -0.15) is 5.10 Å². The van der Waals surface area contributed by atoms with Gasteiger partial charge >= 0.3 is 0 Å². The smallest absolute Gasteiger partial charge is 0.246 e. The molecule has 0 saturated carbocycles. The average molecular weight is 339 g/mol. The Hall–Kier alpha value is -2.40. The van der Waals surface area contributed by atoms with Crippen LogP contribution in [0.4, 0.5) is 0 Å². The number of nitrogens with zero attached hydrogens (tertiary/aromatic N) is 3. The molecule has 0 spiro atoms. The van der Waals surface area contributed by atoms with Crippen LogP contribution in [0.1, 0.15) is 28.1 Å². The number of aryl methyl sites for hydroxylation is 2. The van der Waals surface area contributed by atoms with E-state index in [1.807, 2.05) is 29.5 Å². The normalized spacial score (nSPS) is 15.1. The van der Waals surface area contributed by atoms with Gasteiger partial charge in [-0.15, -0.1) is 0 Å². The Balaban J connectivity index is 1.73. The summed E-state index contributed by atoms with van der Waals surface area (Å²) in [4.78, 5) is 14.1. The molecule has 0 atom stereocenters. The van der Waals surface area contributed by atoms with E-state index in [1.54, 1.807) is 6.08 Å². The maximum absolute atomic E-state index is 12.3. The second-order valence-corrected chi connectivity index (χ2v) is 6.50. The van der Waals surface area contributed by atoms with Crippen LogP contribution in [-0.2, 0) is 16.1 Å². The molecule has 25 heavy (non-hydrogen) atoms. The van der Waals surface area contributed by atoms with Crippen molar-refractivity contribution < 1.29 is 9.53 Å². The predicted octanol–water partition coefficient (Wildman–Crippen LogP) is 2.73. The van der Waals surface area contributed by atoms with Crippen LogP contribution >= 0.6 is 0 Å². The van der Waals surface area contributed by atoms with E-state index in [9.17, 15) is 4.79 Å². The number of hydrogen-bond acceptors (Lipinski definition) is 3. The SMILES string of the molecule is Cc1ccc(Cn2nc(C)c(C=CC(=O)N3CCOCC3)c2C)cc1. The fourth-order valence-electron chi connectivity index (χ4n) is 3.02. The van der Waals surface area contributed by atoms with E-state index in [2.05, 4.69) is 36.3 Å². The molecule has 3 rings (SSSR count). The molecule has 132 valence electrons. The molecule has 1 aliphatic heterocycles. The first-order chi connectivity index (χ1) is 12.0. The summed E-state index contributed by atoms with van der Waals surface area (Å²) >= 11 is 0. The highest BCUT2D eigenvalue weighted by Crippen LogP contribution is 2.17. The van der Waals surface area contributed by atoms with Crippen molar-refractivity contribution in [2.75, 3.05) is 26.3 Å². The summed E-state index contributed by atoms with van der Waals surface area (Å²) in [5.74, 6) is 0.0355. The first-order valence-corrected chi connectivity index (χ1v) is 8.69. The van der Waals surface area contributed by atoms with Crippen LogP contribution in [-0.4, -0.2) is 46.9 Å². The third kappa shape index (κ3) is 4.17. The van der Waals surface area contributed by atoms with E-state index in [4.69, 9.17) is 4.74 Å². The Morgan fingerprint density at radius 3 is 2.52 bits per heavy atom. The minimum atomic E-state index is 0.0355. The van der Waals surface area contributed by atoms with Crippen molar-refractivity contribution in [3.8, 4) is 0 Å². The van der Waals surface area contributed by atoms with E-state index >= 15 is 0 Å². The quantitative estimate of drug-likeness (QED) is 0.805. The lowest BCUT2D eigenvalue weighted by Crippen LogP contribution is -2.39. The molecule has 1 aromatic carbocycles. The lowest BCUT2D eigenvalue weighted by Gasteiger charge is -2.25. The monoisotopic (exact) mass is 339 g/mol. The van der Waals surface area contributed by atoms with Crippen molar-refractivity contribution >= 4 is 12.0 Å². The Kier molecular flexibility index (Phi) is 5.34. The van der Waals surface area contributed by atoms with Gasteiger partial charge in [-0.25, -0.2) is 0 Å². The van der Waals surface area contributed by atoms with Gasteiger partial charge in [0.05, 0.1) is 25.5 Å². The second-order valence-electron chi connectivity index (χ2n) is 6.50. The summed E-state index contributed by atoms with van der Waals surface area (Å²) in [6.45, 7) is 9.41. The standard InChI is InChI=1S/C20H25N3O2/c1-15-4-6-18(7-5-15)14-23-17(3)19(16(2)21-23)8-9-20(24)22-10-12-25-13-11-22/h4-9H,10-14H2,1-3H3. The molecule has 1 aliphatic rings. The van der Waals surface area contributed by atoms with E-state index < -0.39 is 0 Å². The minimum Gasteiger partial charge on any atom is -0.378 e. The molecule has 0 N–H and O–H groups in total. The fraction of sp³-hybridized carbons (Fsp3) is 0.400. The van der Waals surface area contributed by atoms with Gasteiger partial charge in [0.1, 0.15) is 0 Å². The molecule has 0 bridgehead atoms. The number of ether oxygens (including phenoxy) is 1. The van der Waals surface area contributed by atoms with Crippen LogP contribution in [0.2, 0.25) is 0 Å². The molecule has 0 unspecified atom stereocenters. The summed E-state index contributed by atoms with van der Waals surface area (Å²) in [6, 6.07) is 8.48. The van der Waals surface area contributed by atoms with Crippen molar-refractivity contribution in [3.63, 3.8) is 0 Å². The Morgan fingerprint density at radius 2 is 1.84 bits per heavy atom. The summed E-state index contributed by atoms with van der Waals surface area (Å²) < 4.78 is 7.29. The second kappa shape index (κ2) is 7.66. The third-order valence-electron chi connectivity index (χ3n) is 4.61. The van der Waals surface area contributed by atoms with Crippen molar-refractivity contribution in [1.29, 1.82) is 0 Å². The van der Waals surface area contributed by atoms with Crippen molar-refractivity contribution in [2.24, 2.45) is 0 Å². The number of rotatable bonds is 4. The largest absolute Gasteiger partial charge is 0.378 e. The topological polar surface area (TPSA) is 47.4 Å². The Labute approximate surface area is 148 Å². The summed E-state index contributed by atoms with van der Waals surface area (Å²) in [6.07, 6.45) is 3.54. The molecule has 5 heteroatoms. The molecule has 2 aromatic rings. The Morgan fingerprint density at radius 1 is 1.16 bits per heavy atom. The fourth-order valence-corrected chi connectivity index (χ4v) is 3.02. The number of benzene rings is 1. The molecule has 1 aromatic heterocycles. The molecule has 2 heterocycles. The van der Waals surface area contributed by atoms with Crippen molar-refractivity contribution in [2.45, 2.75) is 27.3 Å². The summed E-state index contributed by atoms with van der Waals surface area (Å²) in [5, 5.41) is 4.64.